The summed E-state index contributed by atoms with van der Waals surface area (Å²) < 4.78 is 23.1. The third-order valence-electron chi connectivity index (χ3n) is 9.40. The molecule has 0 fully saturated rings. The monoisotopic (exact) mass is 645 g/mol. The first-order valence-corrected chi connectivity index (χ1v) is 17.6. The van der Waals surface area contributed by atoms with E-state index >= 15 is 0 Å². The summed E-state index contributed by atoms with van der Waals surface area (Å²) in [6.45, 7) is 16.9. The van der Waals surface area contributed by atoms with Crippen LogP contribution in [0.5, 0.6) is 17.2 Å². The molecule has 0 spiro atoms. The zero-order chi connectivity index (χ0) is 34.5. The van der Waals surface area contributed by atoms with Crippen molar-refractivity contribution >= 4 is 17.6 Å². The van der Waals surface area contributed by atoms with Crippen molar-refractivity contribution in [3.8, 4) is 23.3 Å². The van der Waals surface area contributed by atoms with Crippen LogP contribution in [-0.4, -0.2) is 32.9 Å². The molecule has 0 saturated carbocycles. The Kier molecular flexibility index (Phi) is 14.2. The molecule has 47 heavy (non-hydrogen) atoms. The molecular weight excluding hydrogens is 586 g/mol. The average molecular weight is 646 g/mol. The van der Waals surface area contributed by atoms with E-state index < -0.39 is 5.41 Å². The molecule has 6 nitrogen and oxygen atoms in total. The summed E-state index contributed by atoms with van der Waals surface area (Å²) in [5.41, 5.74) is 2.92. The van der Waals surface area contributed by atoms with Gasteiger partial charge in [0, 0.05) is 6.42 Å². The van der Waals surface area contributed by atoms with E-state index in [4.69, 9.17) is 18.9 Å². The van der Waals surface area contributed by atoms with Crippen molar-refractivity contribution in [1.82, 2.24) is 0 Å². The third kappa shape index (κ3) is 11.6. The Hall–Kier alpha value is -3.46. The highest BCUT2D eigenvalue weighted by Crippen LogP contribution is 2.47. The Morgan fingerprint density at radius 3 is 2.09 bits per heavy atom. The van der Waals surface area contributed by atoms with E-state index in [1.54, 1.807) is 7.11 Å². The van der Waals surface area contributed by atoms with E-state index in [2.05, 4.69) is 60.6 Å². The number of hydrogen-bond donors (Lipinski definition) is 0. The summed E-state index contributed by atoms with van der Waals surface area (Å²) in [5, 5.41) is 9.85. The van der Waals surface area contributed by atoms with Gasteiger partial charge in [-0.15, -0.1) is 0 Å². The van der Waals surface area contributed by atoms with Crippen LogP contribution in [0.4, 0.5) is 0 Å². The smallest absolute Gasteiger partial charge is 0.312 e. The highest BCUT2D eigenvalue weighted by molar-refractivity contribution is 5.90. The van der Waals surface area contributed by atoms with E-state index in [9.17, 15) is 10.1 Å². The van der Waals surface area contributed by atoms with Crippen LogP contribution in [0.2, 0.25) is 0 Å². The minimum atomic E-state index is -0.494. The lowest BCUT2D eigenvalue weighted by atomic mass is 9.61. The van der Waals surface area contributed by atoms with Crippen molar-refractivity contribution in [2.75, 3.05) is 26.9 Å². The Labute approximate surface area is 284 Å². The van der Waals surface area contributed by atoms with Gasteiger partial charge in [0.15, 0.2) is 11.5 Å². The summed E-state index contributed by atoms with van der Waals surface area (Å²) in [6.07, 6.45) is 13.8. The van der Waals surface area contributed by atoms with Crippen molar-refractivity contribution in [2.45, 2.75) is 119 Å². The molecule has 1 aliphatic heterocycles. The number of carbonyl (C=O) groups excluding carboxylic acids is 1. The SMILES string of the molecule is COc1cc(/C(C#N)=C/c2ccc3c(c2)OCC3)ccc1OCCCCCCCCCCCOC(=O)C(C)(CC(C)(C)C)C(C)(C)C. The number of hydrogen-bond acceptors (Lipinski definition) is 6. The van der Waals surface area contributed by atoms with E-state index in [-0.39, 0.29) is 16.8 Å². The van der Waals surface area contributed by atoms with Crippen LogP contribution in [0.3, 0.4) is 0 Å². The second-order valence-electron chi connectivity index (χ2n) is 15.5. The maximum Gasteiger partial charge on any atom is 0.312 e. The Bertz CT molecular complexity index is 1370. The number of rotatable bonds is 18. The summed E-state index contributed by atoms with van der Waals surface area (Å²) in [6, 6.07) is 14.1. The predicted molar refractivity (Wildman–Crippen MR) is 192 cm³/mol. The summed E-state index contributed by atoms with van der Waals surface area (Å²) in [4.78, 5) is 13.1. The van der Waals surface area contributed by atoms with E-state index in [0.717, 1.165) is 55.4 Å². The van der Waals surface area contributed by atoms with Gasteiger partial charge in [-0.25, -0.2) is 0 Å². The third-order valence-corrected chi connectivity index (χ3v) is 9.40. The molecule has 1 atom stereocenters. The van der Waals surface area contributed by atoms with Crippen molar-refractivity contribution in [3.05, 3.63) is 53.1 Å². The Balaban J connectivity index is 1.29. The fourth-order valence-electron chi connectivity index (χ4n) is 6.23. The minimum absolute atomic E-state index is 0.0538. The second-order valence-corrected chi connectivity index (χ2v) is 15.5. The highest BCUT2D eigenvalue weighted by Gasteiger charge is 2.47. The quantitative estimate of drug-likeness (QED) is 0.0695. The predicted octanol–water partition coefficient (Wildman–Crippen LogP) is 10.6. The van der Waals surface area contributed by atoms with E-state index in [0.29, 0.717) is 36.9 Å². The number of ether oxygens (including phenoxy) is 4. The van der Waals surface area contributed by atoms with Crippen molar-refractivity contribution < 1.29 is 23.7 Å². The molecule has 258 valence electrons. The van der Waals surface area contributed by atoms with Crippen LogP contribution in [0.25, 0.3) is 11.6 Å². The van der Waals surface area contributed by atoms with E-state index in [1.165, 1.54) is 37.7 Å². The number of esters is 1. The van der Waals surface area contributed by atoms with Gasteiger partial charge in [-0.2, -0.15) is 5.26 Å². The zero-order valence-electron chi connectivity index (χ0n) is 30.4. The normalized spacial score (nSPS) is 14.5. The van der Waals surface area contributed by atoms with Gasteiger partial charge in [0.1, 0.15) is 5.75 Å². The minimum Gasteiger partial charge on any atom is -0.493 e. The second kappa shape index (κ2) is 17.6. The van der Waals surface area contributed by atoms with Gasteiger partial charge in [0.25, 0.3) is 0 Å². The molecule has 6 heteroatoms. The number of methoxy groups -OCH3 is 1. The molecule has 1 heterocycles. The largest absolute Gasteiger partial charge is 0.493 e. The van der Waals surface area contributed by atoms with Gasteiger partial charge in [-0.3, -0.25) is 4.79 Å². The fourth-order valence-corrected chi connectivity index (χ4v) is 6.23. The molecule has 2 aromatic rings. The van der Waals surface area contributed by atoms with Gasteiger partial charge in [0.2, 0.25) is 0 Å². The lowest BCUT2D eigenvalue weighted by Gasteiger charge is -2.43. The molecular formula is C41H59NO5. The molecule has 0 saturated heterocycles. The van der Waals surface area contributed by atoms with Crippen LogP contribution >= 0.6 is 0 Å². The fraction of sp³-hybridized carbons (Fsp3) is 0.610. The number of unbranched alkanes of at least 4 members (excludes halogenated alkanes) is 8. The molecule has 3 rings (SSSR count). The molecule has 0 radical (unpaired) electrons. The molecule has 0 amide bonds. The van der Waals surface area contributed by atoms with Crippen LogP contribution in [0, 0.1) is 27.6 Å². The number of nitriles is 1. The summed E-state index contributed by atoms with van der Waals surface area (Å²) in [5.74, 6) is 2.17. The number of carbonyl (C=O) groups is 1. The molecule has 0 bridgehead atoms. The summed E-state index contributed by atoms with van der Waals surface area (Å²) >= 11 is 0. The maximum absolute atomic E-state index is 13.1. The first-order valence-electron chi connectivity index (χ1n) is 17.6. The number of nitrogens with zero attached hydrogens (tertiary/aromatic N) is 1. The molecule has 0 aromatic heterocycles. The lowest BCUT2D eigenvalue weighted by molar-refractivity contribution is -0.164. The molecule has 1 unspecified atom stereocenters. The van der Waals surface area contributed by atoms with Gasteiger partial charge < -0.3 is 18.9 Å². The number of benzene rings is 2. The van der Waals surface area contributed by atoms with Crippen LogP contribution in [-0.2, 0) is 16.0 Å². The lowest BCUT2D eigenvalue weighted by Crippen LogP contribution is -2.44. The number of allylic oxidation sites excluding steroid dienone is 1. The zero-order valence-corrected chi connectivity index (χ0v) is 30.4. The van der Waals surface area contributed by atoms with Gasteiger partial charge in [-0.05, 0) is 84.0 Å². The summed E-state index contributed by atoms with van der Waals surface area (Å²) in [7, 11) is 1.63. The Morgan fingerprint density at radius 1 is 0.851 bits per heavy atom. The van der Waals surface area contributed by atoms with Crippen LogP contribution in [0.1, 0.15) is 129 Å². The Morgan fingerprint density at radius 2 is 1.49 bits per heavy atom. The standard InChI is InChI=1S/C41H59NO5/c1-39(2,3)30-41(7,40(4,5)6)38(43)47-24-17-15-13-11-9-10-12-14-16-23-45-35-21-20-33(28-37(35)44-8)34(29-42)26-31-18-19-32-22-25-46-36(32)27-31/h18-21,26-28H,9-17,22-25,30H2,1-8H3/b34-26+. The molecule has 1 aliphatic rings. The first-order chi connectivity index (χ1) is 22.3. The van der Waals surface area contributed by atoms with Crippen LogP contribution in [0.15, 0.2) is 36.4 Å². The van der Waals surface area contributed by atoms with Gasteiger partial charge in [-0.1, -0.05) is 98.6 Å². The average Bonchev–Trinajstić information content (AvgIpc) is 3.48. The first kappa shape index (κ1) is 38.0. The van der Waals surface area contributed by atoms with Gasteiger partial charge >= 0.3 is 5.97 Å². The molecule has 2 aromatic carbocycles. The van der Waals surface area contributed by atoms with Gasteiger partial charge in [0.05, 0.1) is 44.0 Å². The topological polar surface area (TPSA) is 77.8 Å². The highest BCUT2D eigenvalue weighted by atomic mass is 16.5. The molecule has 0 N–H and O–H groups in total. The van der Waals surface area contributed by atoms with Crippen molar-refractivity contribution in [1.29, 1.82) is 5.26 Å². The number of fused-ring (bicyclic) bond motifs is 1. The van der Waals surface area contributed by atoms with Crippen LogP contribution < -0.4 is 14.2 Å². The molecule has 0 aliphatic carbocycles. The van der Waals surface area contributed by atoms with Crippen molar-refractivity contribution in [3.63, 3.8) is 0 Å². The van der Waals surface area contributed by atoms with E-state index in [1.807, 2.05) is 36.4 Å². The van der Waals surface area contributed by atoms with Crippen molar-refractivity contribution in [2.24, 2.45) is 16.2 Å². The maximum atomic E-state index is 13.1.